The summed E-state index contributed by atoms with van der Waals surface area (Å²) in [5.74, 6) is -0.347. The molecule has 1 unspecified atom stereocenters. The van der Waals surface area contributed by atoms with Crippen LogP contribution in [0.15, 0.2) is 41.0 Å². The number of nitrogens with one attached hydrogen (secondary N) is 1. The zero-order valence-corrected chi connectivity index (χ0v) is 14.5. The third kappa shape index (κ3) is 3.80. The Kier molecular flexibility index (Phi) is 4.99. The molecule has 0 spiro atoms. The number of anilines is 1. The standard InChI is InChI=1S/C17H16N2O5S/c1-3-12(24-16(21)13-5-4-8-23-13)15(20)19-17-18-11-7-6-10(22-2)9-14(11)25-17/h4-9,12H,3H2,1-2H3,(H,18,19,20). The predicted octanol–water partition coefficient (Wildman–Crippen LogP) is 3.47. The van der Waals surface area contributed by atoms with E-state index in [0.29, 0.717) is 17.3 Å². The third-order valence-corrected chi connectivity index (χ3v) is 4.39. The van der Waals surface area contributed by atoms with Crippen LogP contribution in [0.2, 0.25) is 0 Å². The van der Waals surface area contributed by atoms with Crippen molar-refractivity contribution in [3.63, 3.8) is 0 Å². The first-order chi connectivity index (χ1) is 12.1. The molecule has 1 aromatic carbocycles. The Bertz CT molecular complexity index is 888. The summed E-state index contributed by atoms with van der Waals surface area (Å²) in [6.45, 7) is 1.75. The minimum absolute atomic E-state index is 0.0540. The van der Waals surface area contributed by atoms with Gasteiger partial charge in [0.25, 0.3) is 5.91 Å². The predicted molar refractivity (Wildman–Crippen MR) is 93.0 cm³/mol. The van der Waals surface area contributed by atoms with Crippen LogP contribution in [0.4, 0.5) is 5.13 Å². The summed E-state index contributed by atoms with van der Waals surface area (Å²) in [6.07, 6.45) is 0.767. The van der Waals surface area contributed by atoms with Crippen molar-refractivity contribution in [3.05, 3.63) is 42.4 Å². The molecule has 0 aliphatic rings. The Hall–Kier alpha value is -2.87. The van der Waals surface area contributed by atoms with E-state index >= 15 is 0 Å². The van der Waals surface area contributed by atoms with Crippen molar-refractivity contribution < 1.29 is 23.5 Å². The normalized spacial score (nSPS) is 11.9. The molecule has 3 aromatic rings. The first-order valence-corrected chi connectivity index (χ1v) is 8.42. The van der Waals surface area contributed by atoms with Crippen LogP contribution in [0.25, 0.3) is 10.2 Å². The van der Waals surface area contributed by atoms with Gasteiger partial charge in [0, 0.05) is 0 Å². The molecule has 0 saturated carbocycles. The van der Waals surface area contributed by atoms with Gasteiger partial charge < -0.3 is 13.9 Å². The molecule has 8 heteroatoms. The van der Waals surface area contributed by atoms with Crippen molar-refractivity contribution in [2.24, 2.45) is 0 Å². The maximum absolute atomic E-state index is 12.4. The van der Waals surface area contributed by atoms with Gasteiger partial charge in [0.15, 0.2) is 11.2 Å². The molecule has 130 valence electrons. The molecule has 0 fully saturated rings. The fourth-order valence-electron chi connectivity index (χ4n) is 2.18. The van der Waals surface area contributed by atoms with E-state index in [-0.39, 0.29) is 5.76 Å². The topological polar surface area (TPSA) is 90.7 Å². The van der Waals surface area contributed by atoms with Crippen LogP contribution in [0.3, 0.4) is 0 Å². The maximum Gasteiger partial charge on any atom is 0.374 e. The number of carbonyl (C=O) groups is 2. The molecule has 2 heterocycles. The number of amides is 1. The van der Waals surface area contributed by atoms with Gasteiger partial charge in [0.1, 0.15) is 5.75 Å². The Balaban J connectivity index is 1.70. The fraction of sp³-hybridized carbons (Fsp3) is 0.235. The van der Waals surface area contributed by atoms with Gasteiger partial charge in [-0.25, -0.2) is 9.78 Å². The lowest BCUT2D eigenvalue weighted by molar-refractivity contribution is -0.124. The quantitative estimate of drug-likeness (QED) is 0.677. The number of hydrogen-bond acceptors (Lipinski definition) is 7. The lowest BCUT2D eigenvalue weighted by Gasteiger charge is -2.14. The monoisotopic (exact) mass is 360 g/mol. The van der Waals surface area contributed by atoms with E-state index in [1.54, 1.807) is 26.2 Å². The van der Waals surface area contributed by atoms with Crippen LogP contribution in [0.1, 0.15) is 23.9 Å². The molecule has 0 bridgehead atoms. The Morgan fingerprint density at radius 2 is 2.20 bits per heavy atom. The summed E-state index contributed by atoms with van der Waals surface area (Å²) < 4.78 is 16.2. The second-order valence-electron chi connectivity index (χ2n) is 5.12. The van der Waals surface area contributed by atoms with E-state index in [1.807, 2.05) is 12.1 Å². The number of fused-ring (bicyclic) bond motifs is 1. The molecule has 1 atom stereocenters. The van der Waals surface area contributed by atoms with Gasteiger partial charge in [0.05, 0.1) is 23.6 Å². The maximum atomic E-state index is 12.4. The lowest BCUT2D eigenvalue weighted by atomic mass is 10.2. The number of methoxy groups -OCH3 is 1. The number of esters is 1. The van der Waals surface area contributed by atoms with Gasteiger partial charge in [-0.15, -0.1) is 0 Å². The zero-order chi connectivity index (χ0) is 17.8. The smallest absolute Gasteiger partial charge is 0.374 e. The molecule has 7 nitrogen and oxygen atoms in total. The second-order valence-corrected chi connectivity index (χ2v) is 6.15. The minimum atomic E-state index is -0.931. The van der Waals surface area contributed by atoms with Crippen molar-refractivity contribution in [2.45, 2.75) is 19.4 Å². The second kappa shape index (κ2) is 7.35. The van der Waals surface area contributed by atoms with Crippen LogP contribution in [0, 0.1) is 0 Å². The van der Waals surface area contributed by atoms with Crippen molar-refractivity contribution in [2.75, 3.05) is 12.4 Å². The first-order valence-electron chi connectivity index (χ1n) is 7.60. The van der Waals surface area contributed by atoms with Crippen LogP contribution >= 0.6 is 11.3 Å². The number of aromatic nitrogens is 1. The summed E-state index contributed by atoms with van der Waals surface area (Å²) in [5, 5.41) is 3.12. The summed E-state index contributed by atoms with van der Waals surface area (Å²) in [7, 11) is 1.59. The molecule has 0 saturated heterocycles. The lowest BCUT2D eigenvalue weighted by Crippen LogP contribution is -2.31. The molecule has 0 aliphatic carbocycles. The number of nitrogens with zero attached hydrogens (tertiary/aromatic N) is 1. The molecule has 0 radical (unpaired) electrons. The van der Waals surface area contributed by atoms with Gasteiger partial charge in [-0.1, -0.05) is 18.3 Å². The summed E-state index contributed by atoms with van der Waals surface area (Å²) in [5.41, 5.74) is 0.752. The zero-order valence-electron chi connectivity index (χ0n) is 13.6. The number of carbonyl (C=O) groups excluding carboxylic acids is 2. The van der Waals surface area contributed by atoms with Crippen LogP contribution in [0.5, 0.6) is 5.75 Å². The summed E-state index contributed by atoms with van der Waals surface area (Å²) in [4.78, 5) is 28.6. The molecule has 1 amide bonds. The van der Waals surface area contributed by atoms with Gasteiger partial charge in [-0.3, -0.25) is 10.1 Å². The molecular weight excluding hydrogens is 344 g/mol. The Morgan fingerprint density at radius 3 is 2.88 bits per heavy atom. The number of thiazole rings is 1. The molecule has 3 rings (SSSR count). The van der Waals surface area contributed by atoms with Gasteiger partial charge >= 0.3 is 5.97 Å². The third-order valence-electron chi connectivity index (χ3n) is 3.46. The fourth-order valence-corrected chi connectivity index (χ4v) is 3.07. The summed E-state index contributed by atoms with van der Waals surface area (Å²) in [6, 6.07) is 8.51. The van der Waals surface area contributed by atoms with E-state index in [0.717, 1.165) is 10.2 Å². The highest BCUT2D eigenvalue weighted by Gasteiger charge is 2.24. The molecule has 25 heavy (non-hydrogen) atoms. The van der Waals surface area contributed by atoms with Crippen LogP contribution in [-0.4, -0.2) is 30.1 Å². The highest BCUT2D eigenvalue weighted by molar-refractivity contribution is 7.22. The Morgan fingerprint density at radius 1 is 1.36 bits per heavy atom. The minimum Gasteiger partial charge on any atom is -0.497 e. The largest absolute Gasteiger partial charge is 0.497 e. The average Bonchev–Trinajstić information content (AvgIpc) is 3.27. The van der Waals surface area contributed by atoms with E-state index in [2.05, 4.69) is 10.3 Å². The van der Waals surface area contributed by atoms with E-state index in [9.17, 15) is 9.59 Å². The molecule has 0 aliphatic heterocycles. The highest BCUT2D eigenvalue weighted by Crippen LogP contribution is 2.29. The Labute approximate surface area is 147 Å². The SMILES string of the molecule is CCC(OC(=O)c1ccco1)C(=O)Nc1nc2ccc(OC)cc2s1. The first kappa shape index (κ1) is 17.0. The van der Waals surface area contributed by atoms with E-state index in [1.165, 1.54) is 23.7 Å². The number of ether oxygens (including phenoxy) is 2. The van der Waals surface area contributed by atoms with Gasteiger partial charge in [-0.05, 0) is 36.8 Å². The molecular formula is C17H16N2O5S. The van der Waals surface area contributed by atoms with Gasteiger partial charge in [-0.2, -0.15) is 0 Å². The number of benzene rings is 1. The van der Waals surface area contributed by atoms with E-state index in [4.69, 9.17) is 13.9 Å². The number of rotatable bonds is 6. The van der Waals surface area contributed by atoms with Crippen molar-refractivity contribution >= 4 is 38.6 Å². The number of hydrogen-bond donors (Lipinski definition) is 1. The van der Waals surface area contributed by atoms with Crippen LogP contribution < -0.4 is 10.1 Å². The molecule has 1 N–H and O–H groups in total. The van der Waals surface area contributed by atoms with Crippen molar-refractivity contribution in [1.29, 1.82) is 0 Å². The highest BCUT2D eigenvalue weighted by atomic mass is 32.1. The van der Waals surface area contributed by atoms with Crippen LogP contribution in [-0.2, 0) is 9.53 Å². The van der Waals surface area contributed by atoms with Crippen molar-refractivity contribution in [3.8, 4) is 5.75 Å². The van der Waals surface area contributed by atoms with Gasteiger partial charge in [0.2, 0.25) is 5.76 Å². The molecule has 2 aromatic heterocycles. The number of furan rings is 1. The summed E-state index contributed by atoms with van der Waals surface area (Å²) >= 11 is 1.32. The van der Waals surface area contributed by atoms with Crippen molar-refractivity contribution in [1.82, 2.24) is 4.98 Å². The average molecular weight is 360 g/mol. The van der Waals surface area contributed by atoms with E-state index < -0.39 is 18.0 Å².